The van der Waals surface area contributed by atoms with Gasteiger partial charge in [-0.05, 0) is 17.5 Å². The van der Waals surface area contributed by atoms with Crippen molar-refractivity contribution in [2.75, 3.05) is 40.0 Å². The normalized spacial score (nSPS) is 19.3. The Morgan fingerprint density at radius 1 is 1.38 bits per heavy atom. The van der Waals surface area contributed by atoms with E-state index in [0.717, 1.165) is 30.4 Å². The van der Waals surface area contributed by atoms with Crippen LogP contribution in [0.25, 0.3) is 0 Å². The molecule has 0 aliphatic carbocycles. The maximum atomic E-state index is 12.5. The van der Waals surface area contributed by atoms with Crippen molar-refractivity contribution < 1.29 is 8.42 Å². The number of sulfonamides is 1. The standard InChI is InChI=1S/C18H30N4O2S2/c1-14(2)16-13-22(10-11-25-16)18(19-3)20-12-15-8-6-7-9-17(15)26(23,24)21(4)5/h6-9,14,16H,10-13H2,1-5H3,(H,19,20). The van der Waals surface area contributed by atoms with Crippen LogP contribution in [-0.4, -0.2) is 68.8 Å². The van der Waals surface area contributed by atoms with Crippen molar-refractivity contribution >= 4 is 27.7 Å². The summed E-state index contributed by atoms with van der Waals surface area (Å²) in [5.41, 5.74) is 0.745. The van der Waals surface area contributed by atoms with Crippen LogP contribution >= 0.6 is 11.8 Å². The molecule has 6 nitrogen and oxygen atoms in total. The average Bonchev–Trinajstić information content (AvgIpc) is 2.62. The second kappa shape index (κ2) is 9.10. The first-order valence-corrected chi connectivity index (χ1v) is 11.3. The molecule has 2 rings (SSSR count). The zero-order chi connectivity index (χ0) is 19.3. The van der Waals surface area contributed by atoms with Crippen molar-refractivity contribution in [3.63, 3.8) is 0 Å². The molecule has 0 aromatic heterocycles. The lowest BCUT2D eigenvalue weighted by Gasteiger charge is -2.36. The summed E-state index contributed by atoms with van der Waals surface area (Å²) in [4.78, 5) is 7.01. The Kier molecular flexibility index (Phi) is 7.37. The third-order valence-corrected chi connectivity index (χ3v) is 7.97. The second-order valence-corrected chi connectivity index (χ2v) is 10.4. The number of rotatable bonds is 5. The van der Waals surface area contributed by atoms with Crippen molar-refractivity contribution in [3.05, 3.63) is 29.8 Å². The van der Waals surface area contributed by atoms with Crippen molar-refractivity contribution in [2.45, 2.75) is 30.5 Å². The lowest BCUT2D eigenvalue weighted by atomic mass is 10.1. The summed E-state index contributed by atoms with van der Waals surface area (Å²) < 4.78 is 26.3. The fourth-order valence-electron chi connectivity index (χ4n) is 2.88. The molecule has 1 aliphatic rings. The summed E-state index contributed by atoms with van der Waals surface area (Å²) in [6.45, 7) is 6.83. The maximum absolute atomic E-state index is 12.5. The van der Waals surface area contributed by atoms with E-state index in [1.807, 2.05) is 23.9 Å². The van der Waals surface area contributed by atoms with Crippen molar-refractivity contribution in [1.29, 1.82) is 0 Å². The lowest BCUT2D eigenvalue weighted by Crippen LogP contribution is -2.48. The summed E-state index contributed by atoms with van der Waals surface area (Å²) in [7, 11) is 1.41. The first-order valence-electron chi connectivity index (χ1n) is 8.85. The number of nitrogens with one attached hydrogen (secondary N) is 1. The number of aliphatic imine (C=N–C) groups is 1. The number of nitrogens with zero attached hydrogens (tertiary/aromatic N) is 3. The predicted octanol–water partition coefficient (Wildman–Crippen LogP) is 2.09. The fraction of sp³-hybridized carbons (Fsp3) is 0.611. The quantitative estimate of drug-likeness (QED) is 0.608. The van der Waals surface area contributed by atoms with Crippen LogP contribution in [-0.2, 0) is 16.6 Å². The van der Waals surface area contributed by atoms with Gasteiger partial charge in [0.15, 0.2) is 5.96 Å². The highest BCUT2D eigenvalue weighted by Gasteiger charge is 2.25. The smallest absolute Gasteiger partial charge is 0.242 e. The van der Waals surface area contributed by atoms with Crippen molar-refractivity contribution in [3.8, 4) is 0 Å². The lowest BCUT2D eigenvalue weighted by molar-refractivity contribution is 0.380. The average molecular weight is 399 g/mol. The highest BCUT2D eigenvalue weighted by molar-refractivity contribution is 8.00. The molecular formula is C18H30N4O2S2. The molecule has 0 radical (unpaired) electrons. The van der Waals surface area contributed by atoms with Crippen LogP contribution in [0, 0.1) is 5.92 Å². The molecule has 0 saturated carbocycles. The van der Waals surface area contributed by atoms with E-state index in [9.17, 15) is 8.42 Å². The molecular weight excluding hydrogens is 368 g/mol. The maximum Gasteiger partial charge on any atom is 0.242 e. The third kappa shape index (κ3) is 4.92. The molecule has 1 aromatic carbocycles. The summed E-state index contributed by atoms with van der Waals surface area (Å²) in [5, 5.41) is 3.94. The predicted molar refractivity (Wildman–Crippen MR) is 110 cm³/mol. The first-order chi connectivity index (χ1) is 12.3. The van der Waals surface area contributed by atoms with Crippen LogP contribution in [0.2, 0.25) is 0 Å². The van der Waals surface area contributed by atoms with Crippen LogP contribution in [0.15, 0.2) is 34.2 Å². The van der Waals surface area contributed by atoms with Crippen LogP contribution in [0.1, 0.15) is 19.4 Å². The minimum Gasteiger partial charge on any atom is -0.352 e. The second-order valence-electron chi connectivity index (χ2n) is 6.90. The molecule has 0 bridgehead atoms. The van der Waals surface area contributed by atoms with Gasteiger partial charge >= 0.3 is 0 Å². The monoisotopic (exact) mass is 398 g/mol. The van der Waals surface area contributed by atoms with E-state index in [1.165, 1.54) is 4.31 Å². The topological polar surface area (TPSA) is 65.0 Å². The van der Waals surface area contributed by atoms with Gasteiger partial charge < -0.3 is 10.2 Å². The molecule has 26 heavy (non-hydrogen) atoms. The van der Waals surface area contributed by atoms with Crippen molar-refractivity contribution in [1.82, 2.24) is 14.5 Å². The number of hydrogen-bond donors (Lipinski definition) is 1. The Balaban J connectivity index is 2.13. The van der Waals surface area contributed by atoms with E-state index < -0.39 is 10.0 Å². The molecule has 0 amide bonds. The van der Waals surface area contributed by atoms with Crippen LogP contribution in [0.4, 0.5) is 0 Å². The Morgan fingerprint density at radius 3 is 2.69 bits per heavy atom. The Hall–Kier alpha value is -1.25. The molecule has 1 N–H and O–H groups in total. The van der Waals surface area contributed by atoms with E-state index in [0.29, 0.717) is 22.6 Å². The molecule has 0 spiro atoms. The van der Waals surface area contributed by atoms with E-state index in [2.05, 4.69) is 29.1 Å². The van der Waals surface area contributed by atoms with Gasteiger partial charge in [-0.15, -0.1) is 0 Å². The molecule has 146 valence electrons. The SMILES string of the molecule is CN=C(NCc1ccccc1S(=O)(=O)N(C)C)N1CCSC(C(C)C)C1. The minimum atomic E-state index is -3.47. The van der Waals surface area contributed by atoms with Gasteiger partial charge in [-0.25, -0.2) is 12.7 Å². The van der Waals surface area contributed by atoms with E-state index in [-0.39, 0.29) is 0 Å². The van der Waals surface area contributed by atoms with Gasteiger partial charge in [-0.2, -0.15) is 11.8 Å². The van der Waals surface area contributed by atoms with Gasteiger partial charge in [0.2, 0.25) is 10.0 Å². The summed E-state index contributed by atoms with van der Waals surface area (Å²) in [6, 6.07) is 7.12. The van der Waals surface area contributed by atoms with Gasteiger partial charge in [-0.1, -0.05) is 32.0 Å². The van der Waals surface area contributed by atoms with Gasteiger partial charge in [0, 0.05) is 51.8 Å². The fourth-order valence-corrected chi connectivity index (χ4v) is 5.29. The Bertz CT molecular complexity index is 732. The number of benzene rings is 1. The van der Waals surface area contributed by atoms with E-state index in [4.69, 9.17) is 0 Å². The number of hydrogen-bond acceptors (Lipinski definition) is 4. The number of thioether (sulfide) groups is 1. The molecule has 1 atom stereocenters. The highest BCUT2D eigenvalue weighted by Crippen LogP contribution is 2.25. The largest absolute Gasteiger partial charge is 0.352 e. The van der Waals surface area contributed by atoms with E-state index >= 15 is 0 Å². The molecule has 1 heterocycles. The summed E-state index contributed by atoms with van der Waals surface area (Å²) in [6.07, 6.45) is 0. The third-order valence-electron chi connectivity index (χ3n) is 4.52. The van der Waals surface area contributed by atoms with Crippen LogP contribution in [0.3, 0.4) is 0 Å². The molecule has 1 saturated heterocycles. The zero-order valence-electron chi connectivity index (χ0n) is 16.3. The van der Waals surface area contributed by atoms with Crippen LogP contribution < -0.4 is 5.32 Å². The van der Waals surface area contributed by atoms with Gasteiger partial charge in [0.1, 0.15) is 0 Å². The molecule has 1 aliphatic heterocycles. The molecule has 8 heteroatoms. The first kappa shape index (κ1) is 21.1. The zero-order valence-corrected chi connectivity index (χ0v) is 17.9. The van der Waals surface area contributed by atoms with Gasteiger partial charge in [0.05, 0.1) is 4.90 Å². The summed E-state index contributed by atoms with van der Waals surface area (Å²) >= 11 is 2.02. The molecule has 1 unspecified atom stereocenters. The van der Waals surface area contributed by atoms with Gasteiger partial charge in [-0.3, -0.25) is 4.99 Å². The minimum absolute atomic E-state index is 0.335. The Morgan fingerprint density at radius 2 is 2.08 bits per heavy atom. The molecule has 1 fully saturated rings. The van der Waals surface area contributed by atoms with Crippen LogP contribution in [0.5, 0.6) is 0 Å². The summed E-state index contributed by atoms with van der Waals surface area (Å²) in [5.74, 6) is 2.52. The highest BCUT2D eigenvalue weighted by atomic mass is 32.2. The number of guanidine groups is 1. The Labute approximate surface area is 162 Å². The van der Waals surface area contributed by atoms with E-state index in [1.54, 1.807) is 33.3 Å². The van der Waals surface area contributed by atoms with Gasteiger partial charge in [0.25, 0.3) is 0 Å². The van der Waals surface area contributed by atoms with Crippen molar-refractivity contribution in [2.24, 2.45) is 10.9 Å². The molecule has 1 aromatic rings.